The van der Waals surface area contributed by atoms with Crippen molar-refractivity contribution in [2.24, 2.45) is 0 Å². The number of aromatic amines is 1. The summed E-state index contributed by atoms with van der Waals surface area (Å²) in [6, 6.07) is 8.75. The third-order valence-electron chi connectivity index (χ3n) is 4.18. The van der Waals surface area contributed by atoms with E-state index in [0.717, 1.165) is 22.0 Å². The molecule has 0 bridgehead atoms. The minimum Gasteiger partial charge on any atom is -0.502 e. The molecule has 6 nitrogen and oxygen atoms in total. The number of aromatic nitrogens is 1. The van der Waals surface area contributed by atoms with Crippen LogP contribution in [0.1, 0.15) is 21.6 Å². The normalized spacial score (nSPS) is 10.8. The summed E-state index contributed by atoms with van der Waals surface area (Å²) in [5.74, 6) is 0.0348. The number of fused-ring (bicyclic) bond motifs is 1. The molecule has 1 aromatic heterocycles. The van der Waals surface area contributed by atoms with Crippen molar-refractivity contribution < 1.29 is 24.1 Å². The summed E-state index contributed by atoms with van der Waals surface area (Å²) in [4.78, 5) is 15.3. The van der Waals surface area contributed by atoms with Crippen LogP contribution >= 0.6 is 11.6 Å². The minimum atomic E-state index is -0.468. The van der Waals surface area contributed by atoms with E-state index in [-0.39, 0.29) is 17.2 Å². The first-order valence-electron chi connectivity index (χ1n) is 7.80. The molecule has 0 amide bonds. The van der Waals surface area contributed by atoms with E-state index >= 15 is 0 Å². The van der Waals surface area contributed by atoms with Gasteiger partial charge in [-0.2, -0.15) is 0 Å². The number of H-pyrrole nitrogens is 1. The lowest BCUT2D eigenvalue weighted by Gasteiger charge is -2.12. The Balaban J connectivity index is 2.16. The molecule has 26 heavy (non-hydrogen) atoms. The number of phenols is 1. The number of hydrogen-bond donors (Lipinski definition) is 2. The summed E-state index contributed by atoms with van der Waals surface area (Å²) in [6.07, 6.45) is 0.387. The van der Waals surface area contributed by atoms with E-state index < -0.39 is 5.97 Å². The maximum Gasteiger partial charge on any atom is 0.354 e. The van der Waals surface area contributed by atoms with E-state index in [9.17, 15) is 9.90 Å². The number of benzene rings is 2. The minimum absolute atomic E-state index is 0.0751. The molecule has 0 saturated heterocycles. The molecule has 0 aliphatic rings. The van der Waals surface area contributed by atoms with Crippen LogP contribution in [0.3, 0.4) is 0 Å². The molecule has 0 atom stereocenters. The molecule has 0 aliphatic carbocycles. The van der Waals surface area contributed by atoms with Crippen molar-refractivity contribution in [2.45, 2.75) is 6.42 Å². The molecular weight excluding hydrogens is 358 g/mol. The van der Waals surface area contributed by atoms with E-state index in [1.807, 2.05) is 6.07 Å². The number of aromatic hydroxyl groups is 1. The highest BCUT2D eigenvalue weighted by Gasteiger charge is 2.20. The molecule has 0 unspecified atom stereocenters. The molecule has 0 fully saturated rings. The van der Waals surface area contributed by atoms with Gasteiger partial charge >= 0.3 is 5.97 Å². The maximum absolute atomic E-state index is 12.2. The second kappa shape index (κ2) is 7.17. The fourth-order valence-electron chi connectivity index (χ4n) is 2.93. The van der Waals surface area contributed by atoms with Gasteiger partial charge in [-0.3, -0.25) is 0 Å². The Morgan fingerprint density at radius 3 is 2.35 bits per heavy atom. The number of phenolic OH excluding ortho intramolecular Hbond substituents is 1. The van der Waals surface area contributed by atoms with Crippen LogP contribution in [0, 0.1) is 0 Å². The number of esters is 1. The van der Waals surface area contributed by atoms with Crippen LogP contribution in [-0.2, 0) is 11.2 Å². The Bertz CT molecular complexity index is 954. The lowest BCUT2D eigenvalue weighted by Crippen LogP contribution is -2.05. The van der Waals surface area contributed by atoms with Gasteiger partial charge < -0.3 is 24.3 Å². The Morgan fingerprint density at radius 1 is 1.12 bits per heavy atom. The molecule has 136 valence electrons. The second-order valence-electron chi connectivity index (χ2n) is 5.69. The lowest BCUT2D eigenvalue weighted by atomic mass is 10.0. The van der Waals surface area contributed by atoms with Gasteiger partial charge in [0.25, 0.3) is 0 Å². The van der Waals surface area contributed by atoms with Crippen molar-refractivity contribution in [3.63, 3.8) is 0 Å². The Hall–Kier alpha value is -2.86. The molecule has 3 rings (SSSR count). The van der Waals surface area contributed by atoms with Gasteiger partial charge in [-0.25, -0.2) is 4.79 Å². The van der Waals surface area contributed by atoms with E-state index in [4.69, 9.17) is 25.8 Å². The van der Waals surface area contributed by atoms with Gasteiger partial charge in [0.05, 0.1) is 21.3 Å². The van der Waals surface area contributed by atoms with E-state index in [1.54, 1.807) is 24.3 Å². The first-order valence-corrected chi connectivity index (χ1v) is 8.18. The van der Waals surface area contributed by atoms with Gasteiger partial charge in [0.1, 0.15) is 5.69 Å². The Kier molecular flexibility index (Phi) is 4.95. The topological polar surface area (TPSA) is 80.8 Å². The predicted octanol–water partition coefficient (Wildman–Crippen LogP) is 3.92. The highest BCUT2D eigenvalue weighted by atomic mass is 35.5. The van der Waals surface area contributed by atoms with E-state index in [1.165, 1.54) is 21.3 Å². The van der Waals surface area contributed by atoms with Gasteiger partial charge in [-0.05, 0) is 41.5 Å². The number of halogens is 1. The zero-order chi connectivity index (χ0) is 18.8. The van der Waals surface area contributed by atoms with Crippen molar-refractivity contribution in [1.82, 2.24) is 4.98 Å². The van der Waals surface area contributed by atoms with Crippen LogP contribution in [-0.4, -0.2) is 37.4 Å². The highest BCUT2D eigenvalue weighted by Crippen LogP contribution is 2.38. The molecule has 0 aliphatic heterocycles. The Labute approximate surface area is 155 Å². The average molecular weight is 376 g/mol. The average Bonchev–Trinajstić information content (AvgIpc) is 2.99. The fourth-order valence-corrected chi connectivity index (χ4v) is 3.11. The predicted molar refractivity (Wildman–Crippen MR) is 98.7 cm³/mol. The standard InChI is InChI=1S/C19H18ClNO5/c1-24-15-7-10(8-16(25-2)18(15)22)6-13-12-9-11(20)4-5-14(12)21-17(13)19(23)26-3/h4-5,7-9,21-22H,6H2,1-3H3. The fraction of sp³-hybridized carbons (Fsp3) is 0.211. The molecule has 3 aromatic rings. The summed E-state index contributed by atoms with van der Waals surface area (Å²) in [5, 5.41) is 11.5. The van der Waals surface area contributed by atoms with Crippen LogP contribution in [0.2, 0.25) is 5.02 Å². The molecule has 2 N–H and O–H groups in total. The Morgan fingerprint density at radius 2 is 1.77 bits per heavy atom. The summed E-state index contributed by atoms with van der Waals surface area (Å²) in [5.41, 5.74) is 2.67. The van der Waals surface area contributed by atoms with Crippen LogP contribution in [0.4, 0.5) is 0 Å². The van der Waals surface area contributed by atoms with Crippen LogP contribution < -0.4 is 9.47 Å². The zero-order valence-corrected chi connectivity index (χ0v) is 15.3. The monoisotopic (exact) mass is 375 g/mol. The second-order valence-corrected chi connectivity index (χ2v) is 6.12. The molecule has 1 heterocycles. The first-order chi connectivity index (χ1) is 12.5. The van der Waals surface area contributed by atoms with Crippen molar-refractivity contribution >= 4 is 28.5 Å². The van der Waals surface area contributed by atoms with E-state index in [2.05, 4.69) is 4.98 Å². The lowest BCUT2D eigenvalue weighted by molar-refractivity contribution is 0.0594. The van der Waals surface area contributed by atoms with Crippen molar-refractivity contribution in [3.05, 3.63) is 52.2 Å². The number of methoxy groups -OCH3 is 3. The third-order valence-corrected chi connectivity index (χ3v) is 4.41. The molecule has 2 aromatic carbocycles. The van der Waals surface area contributed by atoms with Crippen LogP contribution in [0.15, 0.2) is 30.3 Å². The van der Waals surface area contributed by atoms with Crippen molar-refractivity contribution in [2.75, 3.05) is 21.3 Å². The first kappa shape index (κ1) is 17.9. The van der Waals surface area contributed by atoms with Crippen molar-refractivity contribution in [3.8, 4) is 17.2 Å². The number of nitrogens with one attached hydrogen (secondary N) is 1. The van der Waals surface area contributed by atoms with Gasteiger partial charge in [-0.1, -0.05) is 11.6 Å². The maximum atomic E-state index is 12.2. The molecule has 7 heteroatoms. The molecule has 0 saturated carbocycles. The number of rotatable bonds is 5. The van der Waals surface area contributed by atoms with E-state index in [0.29, 0.717) is 17.1 Å². The molecular formula is C19H18ClNO5. The van der Waals surface area contributed by atoms with Crippen molar-refractivity contribution in [1.29, 1.82) is 0 Å². The highest BCUT2D eigenvalue weighted by molar-refractivity contribution is 6.31. The number of ether oxygens (including phenoxy) is 3. The number of carbonyl (C=O) groups excluding carboxylic acids is 1. The van der Waals surface area contributed by atoms with Gasteiger partial charge in [0, 0.05) is 22.3 Å². The smallest absolute Gasteiger partial charge is 0.354 e. The third kappa shape index (κ3) is 3.15. The molecule has 0 radical (unpaired) electrons. The van der Waals surface area contributed by atoms with Crippen LogP contribution in [0.5, 0.6) is 17.2 Å². The quantitative estimate of drug-likeness (QED) is 0.660. The number of hydrogen-bond acceptors (Lipinski definition) is 5. The zero-order valence-electron chi connectivity index (χ0n) is 14.6. The van der Waals surface area contributed by atoms with Gasteiger partial charge in [0.15, 0.2) is 11.5 Å². The SMILES string of the molecule is COC(=O)c1[nH]c2ccc(Cl)cc2c1Cc1cc(OC)c(O)c(OC)c1. The summed E-state index contributed by atoms with van der Waals surface area (Å²) in [7, 11) is 4.25. The van der Waals surface area contributed by atoms with Gasteiger partial charge in [-0.15, -0.1) is 0 Å². The van der Waals surface area contributed by atoms with Gasteiger partial charge in [0.2, 0.25) is 5.75 Å². The summed E-state index contributed by atoms with van der Waals surface area (Å²) >= 11 is 6.13. The summed E-state index contributed by atoms with van der Waals surface area (Å²) < 4.78 is 15.3. The number of carbonyl (C=O) groups is 1. The summed E-state index contributed by atoms with van der Waals surface area (Å²) in [6.45, 7) is 0. The van der Waals surface area contributed by atoms with Crippen LogP contribution in [0.25, 0.3) is 10.9 Å². The molecule has 0 spiro atoms. The largest absolute Gasteiger partial charge is 0.502 e.